The zero-order chi connectivity index (χ0) is 21.8. The molecule has 4 aromatic rings. The molecule has 0 spiro atoms. The average Bonchev–Trinajstić information content (AvgIpc) is 3.36. The maximum absolute atomic E-state index is 12.4. The summed E-state index contributed by atoms with van der Waals surface area (Å²) in [6, 6.07) is 13.4. The van der Waals surface area contributed by atoms with Crippen molar-refractivity contribution in [1.29, 1.82) is 5.41 Å². The summed E-state index contributed by atoms with van der Waals surface area (Å²) in [5.74, 6) is 0.836. The molecule has 4 rings (SSSR count). The molecule has 2 aromatic carbocycles. The highest BCUT2D eigenvalue weighted by Gasteiger charge is 2.21. The lowest BCUT2D eigenvalue weighted by Gasteiger charge is -2.05. The SMILES string of the molecule is CCCCCOC(=O)C(=N)c1[nH]c(Nc2nc3ccc(OC)cc3s2)c2ccccc12. The van der Waals surface area contributed by atoms with E-state index in [4.69, 9.17) is 14.9 Å². The molecule has 3 N–H and O–H groups in total. The van der Waals surface area contributed by atoms with Crippen LogP contribution in [0.25, 0.3) is 21.0 Å². The predicted octanol–water partition coefficient (Wildman–Crippen LogP) is 5.63. The minimum atomic E-state index is -0.623. The summed E-state index contributed by atoms with van der Waals surface area (Å²) in [5, 5.41) is 14.0. The van der Waals surface area contributed by atoms with Gasteiger partial charge < -0.3 is 19.8 Å². The summed E-state index contributed by atoms with van der Waals surface area (Å²) in [7, 11) is 1.64. The number of hydrogen-bond acceptors (Lipinski definition) is 7. The smallest absolute Gasteiger partial charge is 0.358 e. The van der Waals surface area contributed by atoms with E-state index in [-0.39, 0.29) is 5.71 Å². The number of fused-ring (bicyclic) bond motifs is 2. The number of ether oxygens (including phenoxy) is 2. The fraction of sp³-hybridized carbons (Fsp3) is 0.261. The average molecular weight is 437 g/mol. The Kier molecular flexibility index (Phi) is 6.18. The van der Waals surface area contributed by atoms with Crippen molar-refractivity contribution in [2.75, 3.05) is 19.0 Å². The molecule has 2 heterocycles. The third-order valence-electron chi connectivity index (χ3n) is 4.98. The van der Waals surface area contributed by atoms with Crippen LogP contribution in [0.15, 0.2) is 42.5 Å². The van der Waals surface area contributed by atoms with Crippen LogP contribution in [0.4, 0.5) is 10.9 Å². The van der Waals surface area contributed by atoms with Gasteiger partial charge in [-0.2, -0.15) is 0 Å². The maximum atomic E-state index is 12.4. The van der Waals surface area contributed by atoms with Crippen LogP contribution in [-0.4, -0.2) is 35.4 Å². The van der Waals surface area contributed by atoms with Gasteiger partial charge in [0, 0.05) is 10.8 Å². The van der Waals surface area contributed by atoms with Crippen molar-refractivity contribution in [3.63, 3.8) is 0 Å². The predicted molar refractivity (Wildman–Crippen MR) is 125 cm³/mol. The number of nitrogens with one attached hydrogen (secondary N) is 3. The van der Waals surface area contributed by atoms with E-state index in [0.29, 0.717) is 23.3 Å². The van der Waals surface area contributed by atoms with Gasteiger partial charge in [-0.15, -0.1) is 0 Å². The van der Waals surface area contributed by atoms with Crippen LogP contribution in [0.1, 0.15) is 31.9 Å². The number of thiazole rings is 1. The highest BCUT2D eigenvalue weighted by molar-refractivity contribution is 7.22. The Morgan fingerprint density at radius 2 is 2.00 bits per heavy atom. The van der Waals surface area contributed by atoms with Crippen LogP contribution in [0.3, 0.4) is 0 Å². The molecular weight excluding hydrogens is 412 g/mol. The van der Waals surface area contributed by atoms with Crippen molar-refractivity contribution in [2.45, 2.75) is 26.2 Å². The first kappa shape index (κ1) is 20.9. The normalized spacial score (nSPS) is 11.0. The molecule has 0 saturated carbocycles. The van der Waals surface area contributed by atoms with Gasteiger partial charge in [0.1, 0.15) is 11.6 Å². The molecule has 0 aliphatic heterocycles. The van der Waals surface area contributed by atoms with E-state index in [9.17, 15) is 4.79 Å². The highest BCUT2D eigenvalue weighted by Crippen LogP contribution is 2.34. The number of methoxy groups -OCH3 is 1. The zero-order valence-corrected chi connectivity index (χ0v) is 18.3. The van der Waals surface area contributed by atoms with E-state index < -0.39 is 5.97 Å². The molecule has 0 radical (unpaired) electrons. The van der Waals surface area contributed by atoms with E-state index in [1.807, 2.05) is 42.5 Å². The quantitative estimate of drug-likeness (QED) is 0.179. The Bertz CT molecular complexity index is 1240. The molecule has 31 heavy (non-hydrogen) atoms. The number of rotatable bonds is 9. The van der Waals surface area contributed by atoms with Crippen LogP contribution in [0.5, 0.6) is 5.75 Å². The third kappa shape index (κ3) is 4.39. The van der Waals surface area contributed by atoms with Gasteiger partial charge in [-0.3, -0.25) is 5.41 Å². The molecule has 0 saturated heterocycles. The first-order valence-electron chi connectivity index (χ1n) is 10.2. The molecule has 8 heteroatoms. The number of hydrogen-bond donors (Lipinski definition) is 3. The van der Waals surface area contributed by atoms with Crippen LogP contribution < -0.4 is 10.1 Å². The van der Waals surface area contributed by atoms with Gasteiger partial charge in [0.05, 0.1) is 29.6 Å². The summed E-state index contributed by atoms with van der Waals surface area (Å²) < 4.78 is 11.6. The van der Waals surface area contributed by atoms with Gasteiger partial charge >= 0.3 is 5.97 Å². The standard InChI is InChI=1S/C23H24N4O3S/c1-3-4-7-12-30-22(28)19(24)20-15-8-5-6-9-16(15)21(26-20)27-23-25-17-11-10-14(29-2)13-18(17)31-23/h5-6,8-11,13,24,26H,3-4,7,12H2,1-2H3,(H,25,27). The largest absolute Gasteiger partial charge is 0.497 e. The summed E-state index contributed by atoms with van der Waals surface area (Å²) >= 11 is 1.50. The number of anilines is 2. The number of unbranched alkanes of at least 4 members (excludes halogenated alkanes) is 2. The number of aromatic amines is 1. The van der Waals surface area contributed by atoms with E-state index in [0.717, 1.165) is 46.0 Å². The van der Waals surface area contributed by atoms with Crippen molar-refractivity contribution in [3.05, 3.63) is 48.2 Å². The Labute approximate surface area is 183 Å². The first-order chi connectivity index (χ1) is 15.1. The number of nitrogens with zero attached hydrogens (tertiary/aromatic N) is 1. The number of esters is 1. The molecular formula is C23H24N4O3S. The molecule has 7 nitrogen and oxygen atoms in total. The molecule has 0 aliphatic carbocycles. The minimum absolute atomic E-state index is 0.185. The summed E-state index contributed by atoms with van der Waals surface area (Å²) in [6.45, 7) is 2.42. The van der Waals surface area contributed by atoms with E-state index in [1.165, 1.54) is 11.3 Å². The fourth-order valence-electron chi connectivity index (χ4n) is 3.36. The van der Waals surface area contributed by atoms with Gasteiger partial charge in [-0.25, -0.2) is 9.78 Å². The lowest BCUT2D eigenvalue weighted by molar-refractivity contribution is -0.135. The molecule has 0 atom stereocenters. The topological polar surface area (TPSA) is 100 Å². The molecule has 0 fully saturated rings. The second kappa shape index (κ2) is 9.18. The lowest BCUT2D eigenvalue weighted by Crippen LogP contribution is -2.19. The van der Waals surface area contributed by atoms with Crippen molar-refractivity contribution < 1.29 is 14.3 Å². The second-order valence-corrected chi connectivity index (χ2v) is 8.15. The van der Waals surface area contributed by atoms with Gasteiger partial charge in [0.15, 0.2) is 10.8 Å². The van der Waals surface area contributed by atoms with Crippen LogP contribution in [-0.2, 0) is 9.53 Å². The van der Waals surface area contributed by atoms with Gasteiger partial charge in [-0.05, 0) is 24.6 Å². The zero-order valence-electron chi connectivity index (χ0n) is 17.5. The Morgan fingerprint density at radius 1 is 1.19 bits per heavy atom. The Morgan fingerprint density at radius 3 is 2.77 bits per heavy atom. The summed E-state index contributed by atoms with van der Waals surface area (Å²) in [6.07, 6.45) is 2.84. The van der Waals surface area contributed by atoms with Crippen molar-refractivity contribution in [3.8, 4) is 5.75 Å². The molecule has 0 amide bonds. The van der Waals surface area contributed by atoms with Crippen molar-refractivity contribution in [2.24, 2.45) is 0 Å². The molecule has 2 aromatic heterocycles. The van der Waals surface area contributed by atoms with E-state index >= 15 is 0 Å². The van der Waals surface area contributed by atoms with Crippen LogP contribution in [0.2, 0.25) is 0 Å². The van der Waals surface area contributed by atoms with Crippen molar-refractivity contribution >= 4 is 55.0 Å². The van der Waals surface area contributed by atoms with E-state index in [1.54, 1.807) is 7.11 Å². The third-order valence-corrected chi connectivity index (χ3v) is 5.91. The molecule has 160 valence electrons. The number of benzene rings is 2. The first-order valence-corrected chi connectivity index (χ1v) is 11.0. The highest BCUT2D eigenvalue weighted by atomic mass is 32.1. The van der Waals surface area contributed by atoms with Gasteiger partial charge in [0.2, 0.25) is 0 Å². The molecule has 0 unspecified atom stereocenters. The number of carbonyl (C=O) groups is 1. The summed E-state index contributed by atoms with van der Waals surface area (Å²) in [4.78, 5) is 20.2. The van der Waals surface area contributed by atoms with E-state index in [2.05, 4.69) is 22.2 Å². The number of H-pyrrole nitrogens is 1. The van der Waals surface area contributed by atoms with Gasteiger partial charge in [-0.1, -0.05) is 55.4 Å². The number of carbonyl (C=O) groups excluding carboxylic acids is 1. The monoisotopic (exact) mass is 436 g/mol. The summed E-state index contributed by atoms with van der Waals surface area (Å²) in [5.41, 5.74) is 1.11. The van der Waals surface area contributed by atoms with Crippen molar-refractivity contribution in [1.82, 2.24) is 9.97 Å². The fourth-order valence-corrected chi connectivity index (χ4v) is 4.26. The van der Waals surface area contributed by atoms with Crippen LogP contribution in [0, 0.1) is 5.41 Å². The Balaban J connectivity index is 1.61. The lowest BCUT2D eigenvalue weighted by atomic mass is 10.1. The Hall–Kier alpha value is -3.39. The molecule has 0 aliphatic rings. The minimum Gasteiger partial charge on any atom is -0.497 e. The maximum Gasteiger partial charge on any atom is 0.358 e. The second-order valence-electron chi connectivity index (χ2n) is 7.12. The van der Waals surface area contributed by atoms with Gasteiger partial charge in [0.25, 0.3) is 0 Å². The van der Waals surface area contributed by atoms with Crippen LogP contribution >= 0.6 is 11.3 Å². The number of aromatic nitrogens is 2. The molecule has 0 bridgehead atoms.